The maximum atomic E-state index is 11.6. The molecule has 6 N–H and O–H groups in total. The second-order valence-electron chi connectivity index (χ2n) is 3.88. The first-order valence-electron chi connectivity index (χ1n) is 5.47. The molecule has 0 aliphatic rings. The SMILES string of the molecule is CC(NC(=O)N[C@@H](CC(N)=O)C(=O)O)c1ncc[nH]1. The number of carbonyl (C=O) groups is 3. The van der Waals surface area contributed by atoms with Crippen LogP contribution < -0.4 is 16.4 Å². The number of carboxylic acids is 1. The van der Waals surface area contributed by atoms with Crippen LogP contribution in [0.2, 0.25) is 0 Å². The zero-order chi connectivity index (χ0) is 14.4. The van der Waals surface area contributed by atoms with Crippen LogP contribution in [0.3, 0.4) is 0 Å². The van der Waals surface area contributed by atoms with E-state index in [-0.39, 0.29) is 0 Å². The monoisotopic (exact) mass is 269 g/mol. The molecule has 1 unspecified atom stereocenters. The van der Waals surface area contributed by atoms with Crippen LogP contribution in [0, 0.1) is 0 Å². The van der Waals surface area contributed by atoms with Gasteiger partial charge in [0.1, 0.15) is 11.9 Å². The Labute approximate surface area is 108 Å². The first-order chi connectivity index (χ1) is 8.90. The van der Waals surface area contributed by atoms with Crippen molar-refractivity contribution >= 4 is 17.9 Å². The summed E-state index contributed by atoms with van der Waals surface area (Å²) in [5.74, 6) is -1.62. The lowest BCUT2D eigenvalue weighted by molar-refractivity contribution is -0.140. The third-order valence-electron chi connectivity index (χ3n) is 2.29. The molecule has 2 atom stereocenters. The highest BCUT2D eigenvalue weighted by Crippen LogP contribution is 2.04. The zero-order valence-corrected chi connectivity index (χ0v) is 10.2. The van der Waals surface area contributed by atoms with E-state index in [9.17, 15) is 14.4 Å². The maximum absolute atomic E-state index is 11.6. The van der Waals surface area contributed by atoms with Crippen molar-refractivity contribution < 1.29 is 19.5 Å². The number of H-pyrrole nitrogens is 1. The van der Waals surface area contributed by atoms with Crippen LogP contribution in [0.5, 0.6) is 0 Å². The molecule has 1 rings (SSSR count). The van der Waals surface area contributed by atoms with Crippen LogP contribution in [0.1, 0.15) is 25.2 Å². The molecule has 0 bridgehead atoms. The number of nitrogens with two attached hydrogens (primary N) is 1. The van der Waals surface area contributed by atoms with Gasteiger partial charge < -0.3 is 26.5 Å². The number of hydrogen-bond donors (Lipinski definition) is 5. The van der Waals surface area contributed by atoms with Crippen molar-refractivity contribution in [1.29, 1.82) is 0 Å². The summed E-state index contributed by atoms with van der Waals surface area (Å²) in [5.41, 5.74) is 4.90. The van der Waals surface area contributed by atoms with Gasteiger partial charge in [-0.15, -0.1) is 0 Å². The molecular weight excluding hydrogens is 254 g/mol. The largest absolute Gasteiger partial charge is 0.480 e. The number of imidazole rings is 1. The lowest BCUT2D eigenvalue weighted by atomic mass is 10.2. The predicted octanol–water partition coefficient (Wildman–Crippen LogP) is -0.901. The number of nitrogens with zero attached hydrogens (tertiary/aromatic N) is 1. The third kappa shape index (κ3) is 4.66. The topological polar surface area (TPSA) is 150 Å². The van der Waals surface area contributed by atoms with Crippen molar-refractivity contribution in [2.75, 3.05) is 0 Å². The summed E-state index contributed by atoms with van der Waals surface area (Å²) in [6.45, 7) is 1.67. The number of rotatable bonds is 6. The lowest BCUT2D eigenvalue weighted by Gasteiger charge is -2.16. The van der Waals surface area contributed by atoms with Crippen LogP contribution in [0.25, 0.3) is 0 Å². The van der Waals surface area contributed by atoms with Crippen molar-refractivity contribution in [2.24, 2.45) is 5.73 Å². The van der Waals surface area contributed by atoms with Crippen molar-refractivity contribution in [3.63, 3.8) is 0 Å². The summed E-state index contributed by atoms with van der Waals surface area (Å²) in [6, 6.07) is -2.52. The Bertz CT molecular complexity index is 458. The average Bonchev–Trinajstić information content (AvgIpc) is 2.80. The number of urea groups is 1. The van der Waals surface area contributed by atoms with Gasteiger partial charge >= 0.3 is 12.0 Å². The Kier molecular flexibility index (Phi) is 4.86. The normalized spacial score (nSPS) is 13.3. The average molecular weight is 269 g/mol. The first kappa shape index (κ1) is 14.5. The zero-order valence-electron chi connectivity index (χ0n) is 10.2. The summed E-state index contributed by atoms with van der Waals surface area (Å²) in [5, 5.41) is 13.5. The molecule has 1 aromatic rings. The molecule has 9 heteroatoms. The summed E-state index contributed by atoms with van der Waals surface area (Å²) >= 11 is 0. The van der Waals surface area contributed by atoms with E-state index in [4.69, 9.17) is 10.8 Å². The van der Waals surface area contributed by atoms with E-state index in [0.717, 1.165) is 0 Å². The highest BCUT2D eigenvalue weighted by Gasteiger charge is 2.23. The molecule has 1 aromatic heterocycles. The number of carbonyl (C=O) groups excluding carboxylic acids is 2. The van der Waals surface area contributed by atoms with Gasteiger partial charge in [0.2, 0.25) is 5.91 Å². The minimum Gasteiger partial charge on any atom is -0.480 e. The number of amides is 3. The summed E-state index contributed by atoms with van der Waals surface area (Å²) in [4.78, 5) is 39.8. The molecule has 0 spiro atoms. The van der Waals surface area contributed by atoms with E-state index < -0.39 is 36.4 Å². The molecule has 0 fully saturated rings. The summed E-state index contributed by atoms with van der Waals surface area (Å²) < 4.78 is 0. The number of aliphatic carboxylic acids is 1. The molecule has 104 valence electrons. The number of aromatic amines is 1. The van der Waals surface area contributed by atoms with Crippen molar-refractivity contribution in [3.05, 3.63) is 18.2 Å². The third-order valence-corrected chi connectivity index (χ3v) is 2.29. The van der Waals surface area contributed by atoms with Gasteiger partial charge in [0.25, 0.3) is 0 Å². The molecule has 0 aliphatic carbocycles. The van der Waals surface area contributed by atoms with E-state index in [2.05, 4.69) is 20.6 Å². The highest BCUT2D eigenvalue weighted by molar-refractivity contribution is 5.87. The Balaban J connectivity index is 2.53. The van der Waals surface area contributed by atoms with Crippen molar-refractivity contribution in [3.8, 4) is 0 Å². The molecule has 0 aromatic carbocycles. The number of aromatic nitrogens is 2. The van der Waals surface area contributed by atoms with Crippen molar-refractivity contribution in [1.82, 2.24) is 20.6 Å². The lowest BCUT2D eigenvalue weighted by Crippen LogP contribution is -2.48. The maximum Gasteiger partial charge on any atom is 0.326 e. The van der Waals surface area contributed by atoms with Gasteiger partial charge in [-0.3, -0.25) is 4.79 Å². The molecule has 3 amide bonds. The Morgan fingerprint density at radius 2 is 2.16 bits per heavy atom. The minimum absolute atomic E-state index is 0.432. The van der Waals surface area contributed by atoms with Gasteiger partial charge in [-0.2, -0.15) is 0 Å². The number of primary amides is 1. The Hall–Kier alpha value is -2.58. The smallest absolute Gasteiger partial charge is 0.326 e. The number of carboxylic acid groups (broad SMARTS) is 1. The van der Waals surface area contributed by atoms with Crippen LogP contribution in [-0.2, 0) is 9.59 Å². The molecule has 1 heterocycles. The van der Waals surface area contributed by atoms with Gasteiger partial charge in [-0.25, -0.2) is 14.6 Å². The van der Waals surface area contributed by atoms with E-state index in [0.29, 0.717) is 5.82 Å². The van der Waals surface area contributed by atoms with E-state index in [1.54, 1.807) is 13.1 Å². The van der Waals surface area contributed by atoms with Gasteiger partial charge in [-0.1, -0.05) is 0 Å². The second kappa shape index (κ2) is 6.38. The summed E-state index contributed by atoms with van der Waals surface area (Å²) in [7, 11) is 0. The fourth-order valence-electron chi connectivity index (χ4n) is 1.38. The predicted molar refractivity (Wildman–Crippen MR) is 63.9 cm³/mol. The van der Waals surface area contributed by atoms with Gasteiger partial charge in [-0.05, 0) is 6.92 Å². The standard InChI is InChI=1S/C10H15N5O4/c1-5(8-12-2-3-13-8)14-10(19)15-6(9(17)18)4-7(11)16/h2-3,5-6H,4H2,1H3,(H2,11,16)(H,12,13)(H,17,18)(H2,14,15,19)/t5?,6-/m0/s1. The number of hydrogen-bond acceptors (Lipinski definition) is 4. The van der Waals surface area contributed by atoms with Crippen LogP contribution in [0.4, 0.5) is 4.79 Å². The van der Waals surface area contributed by atoms with Crippen LogP contribution in [0.15, 0.2) is 12.4 Å². The quantitative estimate of drug-likeness (QED) is 0.453. The van der Waals surface area contributed by atoms with Crippen LogP contribution in [-0.4, -0.2) is 39.0 Å². The van der Waals surface area contributed by atoms with E-state index >= 15 is 0 Å². The number of nitrogens with one attached hydrogen (secondary N) is 3. The van der Waals surface area contributed by atoms with Gasteiger partial charge in [0, 0.05) is 12.4 Å². The fourth-order valence-corrected chi connectivity index (χ4v) is 1.38. The molecular formula is C10H15N5O4. The van der Waals surface area contributed by atoms with E-state index in [1.165, 1.54) is 6.20 Å². The Morgan fingerprint density at radius 3 is 2.63 bits per heavy atom. The molecule has 0 radical (unpaired) electrons. The van der Waals surface area contributed by atoms with Crippen LogP contribution >= 0.6 is 0 Å². The minimum atomic E-state index is -1.36. The molecule has 9 nitrogen and oxygen atoms in total. The van der Waals surface area contributed by atoms with E-state index in [1.807, 2.05) is 0 Å². The molecule has 19 heavy (non-hydrogen) atoms. The van der Waals surface area contributed by atoms with Gasteiger partial charge in [0.15, 0.2) is 0 Å². The molecule has 0 saturated carbocycles. The second-order valence-corrected chi connectivity index (χ2v) is 3.88. The molecule has 0 aliphatic heterocycles. The van der Waals surface area contributed by atoms with Crippen molar-refractivity contribution in [2.45, 2.75) is 25.4 Å². The van der Waals surface area contributed by atoms with Gasteiger partial charge in [0.05, 0.1) is 12.5 Å². The fraction of sp³-hybridized carbons (Fsp3) is 0.400. The first-order valence-corrected chi connectivity index (χ1v) is 5.47. The molecule has 0 saturated heterocycles. The Morgan fingerprint density at radius 1 is 1.47 bits per heavy atom. The summed E-state index contributed by atoms with van der Waals surface area (Å²) in [6.07, 6.45) is 2.65. The highest BCUT2D eigenvalue weighted by atomic mass is 16.4.